The predicted octanol–water partition coefficient (Wildman–Crippen LogP) is 3.73. The number of esters is 1. The van der Waals surface area contributed by atoms with Crippen LogP contribution in [0.25, 0.3) is 11.1 Å². The van der Waals surface area contributed by atoms with Crippen LogP contribution >= 0.6 is 0 Å². The van der Waals surface area contributed by atoms with Gasteiger partial charge < -0.3 is 15.4 Å². The Morgan fingerprint density at radius 2 is 1.88 bits per heavy atom. The largest absolute Gasteiger partial charge is 0.467 e. The summed E-state index contributed by atoms with van der Waals surface area (Å²) in [6.45, 7) is 9.28. The summed E-state index contributed by atoms with van der Waals surface area (Å²) in [5.74, 6) is 0.0195. The fourth-order valence-electron chi connectivity index (χ4n) is 4.60. The third kappa shape index (κ3) is 5.01. The van der Waals surface area contributed by atoms with Crippen molar-refractivity contribution in [2.24, 2.45) is 11.7 Å². The van der Waals surface area contributed by atoms with Crippen molar-refractivity contribution in [3.05, 3.63) is 52.3 Å². The fraction of sp³-hybridized carbons (Fsp3) is 0.500. The second-order valence-electron chi connectivity index (χ2n) is 9.09. The molecule has 0 saturated carbocycles. The molecule has 1 aliphatic rings. The SMILES string of the molecule is COC(=O)[C@@H]1CCCN1C(=O)Cc1c(C)nc(CC(C)C)c(CN)c1-c1ccc(C)cc1. The summed E-state index contributed by atoms with van der Waals surface area (Å²) in [5, 5.41) is 0. The first kappa shape index (κ1) is 23.9. The minimum Gasteiger partial charge on any atom is -0.467 e. The van der Waals surface area contributed by atoms with Gasteiger partial charge in [-0.3, -0.25) is 9.78 Å². The van der Waals surface area contributed by atoms with Gasteiger partial charge in [-0.1, -0.05) is 43.7 Å². The quantitative estimate of drug-likeness (QED) is 0.667. The molecule has 2 aromatic rings. The summed E-state index contributed by atoms with van der Waals surface area (Å²) in [6.07, 6.45) is 2.46. The Morgan fingerprint density at radius 3 is 2.47 bits per heavy atom. The van der Waals surface area contributed by atoms with Crippen LogP contribution in [0.5, 0.6) is 0 Å². The normalized spacial score (nSPS) is 16.0. The maximum atomic E-state index is 13.4. The Hall–Kier alpha value is -2.73. The number of hydrogen-bond acceptors (Lipinski definition) is 5. The van der Waals surface area contributed by atoms with Crippen LogP contribution in [0.15, 0.2) is 24.3 Å². The Morgan fingerprint density at radius 1 is 1.19 bits per heavy atom. The van der Waals surface area contributed by atoms with E-state index in [4.69, 9.17) is 15.5 Å². The average molecular weight is 438 g/mol. The minimum atomic E-state index is -0.502. The summed E-state index contributed by atoms with van der Waals surface area (Å²) in [4.78, 5) is 32.1. The van der Waals surface area contributed by atoms with Gasteiger partial charge in [0.25, 0.3) is 0 Å². The van der Waals surface area contributed by atoms with Gasteiger partial charge in [0.05, 0.1) is 13.5 Å². The minimum absolute atomic E-state index is 0.0734. The molecule has 0 spiro atoms. The van der Waals surface area contributed by atoms with E-state index in [2.05, 4.69) is 45.0 Å². The molecule has 1 aliphatic heterocycles. The number of benzene rings is 1. The summed E-state index contributed by atoms with van der Waals surface area (Å²) in [7, 11) is 1.37. The van der Waals surface area contributed by atoms with Crippen molar-refractivity contribution in [2.75, 3.05) is 13.7 Å². The number of hydrogen-bond donors (Lipinski definition) is 1. The number of ether oxygens (including phenoxy) is 1. The monoisotopic (exact) mass is 437 g/mol. The van der Waals surface area contributed by atoms with Gasteiger partial charge in [0.1, 0.15) is 6.04 Å². The molecule has 0 aliphatic carbocycles. The molecule has 1 atom stereocenters. The van der Waals surface area contributed by atoms with E-state index < -0.39 is 6.04 Å². The highest BCUT2D eigenvalue weighted by Gasteiger charge is 2.35. The highest BCUT2D eigenvalue weighted by Crippen LogP contribution is 2.33. The van der Waals surface area contributed by atoms with Crippen LogP contribution in [0.3, 0.4) is 0 Å². The second kappa shape index (κ2) is 10.3. The smallest absolute Gasteiger partial charge is 0.328 e. The number of nitrogens with two attached hydrogens (primary N) is 1. The molecule has 0 bridgehead atoms. The van der Waals surface area contributed by atoms with Crippen LogP contribution in [0.4, 0.5) is 0 Å². The Balaban J connectivity index is 2.09. The van der Waals surface area contributed by atoms with E-state index in [1.54, 1.807) is 4.90 Å². The molecule has 0 unspecified atom stereocenters. The molecule has 6 nitrogen and oxygen atoms in total. The van der Waals surface area contributed by atoms with Gasteiger partial charge in [-0.25, -0.2) is 4.79 Å². The number of rotatable bonds is 7. The molecule has 2 N–H and O–H groups in total. The molecule has 172 valence electrons. The molecule has 1 fully saturated rings. The van der Waals surface area contributed by atoms with Crippen LogP contribution in [-0.4, -0.2) is 41.5 Å². The summed E-state index contributed by atoms with van der Waals surface area (Å²) in [5.41, 5.74) is 13.2. The molecular weight excluding hydrogens is 402 g/mol. The van der Waals surface area contributed by atoms with E-state index in [0.717, 1.165) is 46.5 Å². The highest BCUT2D eigenvalue weighted by atomic mass is 16.5. The van der Waals surface area contributed by atoms with Gasteiger partial charge in [-0.15, -0.1) is 0 Å². The lowest BCUT2D eigenvalue weighted by Crippen LogP contribution is -2.42. The zero-order valence-corrected chi connectivity index (χ0v) is 19.9. The second-order valence-corrected chi connectivity index (χ2v) is 9.09. The van der Waals surface area contributed by atoms with Crippen molar-refractivity contribution in [1.29, 1.82) is 0 Å². The number of pyridine rings is 1. The Bertz CT molecular complexity index is 983. The molecule has 1 aromatic heterocycles. The average Bonchev–Trinajstić information content (AvgIpc) is 3.25. The van der Waals surface area contributed by atoms with Crippen LogP contribution in [0, 0.1) is 19.8 Å². The molecule has 3 rings (SSSR count). The van der Waals surface area contributed by atoms with Crippen molar-refractivity contribution in [2.45, 2.75) is 66.0 Å². The number of aryl methyl sites for hydroxylation is 2. The molecule has 6 heteroatoms. The maximum Gasteiger partial charge on any atom is 0.328 e. The Kier molecular flexibility index (Phi) is 7.67. The van der Waals surface area contributed by atoms with Crippen molar-refractivity contribution in [3.63, 3.8) is 0 Å². The van der Waals surface area contributed by atoms with E-state index in [0.29, 0.717) is 25.4 Å². The van der Waals surface area contributed by atoms with Gasteiger partial charge in [0.15, 0.2) is 0 Å². The van der Waals surface area contributed by atoms with E-state index in [-0.39, 0.29) is 18.3 Å². The lowest BCUT2D eigenvalue weighted by atomic mass is 9.88. The highest BCUT2D eigenvalue weighted by molar-refractivity contribution is 5.88. The predicted molar refractivity (Wildman–Crippen MR) is 126 cm³/mol. The van der Waals surface area contributed by atoms with Crippen molar-refractivity contribution < 1.29 is 14.3 Å². The number of carbonyl (C=O) groups excluding carboxylic acids is 2. The molecule has 1 saturated heterocycles. The van der Waals surface area contributed by atoms with Crippen molar-refractivity contribution in [1.82, 2.24) is 9.88 Å². The van der Waals surface area contributed by atoms with Gasteiger partial charge in [-0.05, 0) is 61.3 Å². The maximum absolute atomic E-state index is 13.4. The zero-order chi connectivity index (χ0) is 23.4. The topological polar surface area (TPSA) is 85.5 Å². The van der Waals surface area contributed by atoms with Gasteiger partial charge in [-0.2, -0.15) is 0 Å². The first-order valence-electron chi connectivity index (χ1n) is 11.4. The Labute approximate surface area is 191 Å². The van der Waals surface area contributed by atoms with Crippen LogP contribution in [0.2, 0.25) is 0 Å². The zero-order valence-electron chi connectivity index (χ0n) is 19.9. The fourth-order valence-corrected chi connectivity index (χ4v) is 4.60. The number of methoxy groups -OCH3 is 1. The lowest BCUT2D eigenvalue weighted by Gasteiger charge is -2.25. The third-order valence-electron chi connectivity index (χ3n) is 6.21. The summed E-state index contributed by atoms with van der Waals surface area (Å²) < 4.78 is 4.92. The number of nitrogens with zero attached hydrogens (tertiary/aromatic N) is 2. The number of amides is 1. The number of likely N-dealkylation sites (tertiary alicyclic amines) is 1. The summed E-state index contributed by atoms with van der Waals surface area (Å²) in [6, 6.07) is 7.82. The molecule has 32 heavy (non-hydrogen) atoms. The van der Waals surface area contributed by atoms with Gasteiger partial charge in [0, 0.05) is 24.5 Å². The molecular formula is C26H35N3O3. The van der Waals surface area contributed by atoms with Gasteiger partial charge >= 0.3 is 5.97 Å². The number of carbonyl (C=O) groups is 2. The van der Waals surface area contributed by atoms with Crippen LogP contribution < -0.4 is 5.73 Å². The van der Waals surface area contributed by atoms with Crippen molar-refractivity contribution >= 4 is 11.9 Å². The molecule has 1 amide bonds. The third-order valence-corrected chi connectivity index (χ3v) is 6.21. The molecule has 0 radical (unpaired) electrons. The van der Waals surface area contributed by atoms with Gasteiger partial charge in [0.2, 0.25) is 5.91 Å². The van der Waals surface area contributed by atoms with E-state index in [1.165, 1.54) is 12.7 Å². The first-order chi connectivity index (χ1) is 15.3. The standard InChI is InChI=1S/C26H35N3O3/c1-16(2)13-22-21(15-27)25(19-10-8-17(3)9-11-19)20(18(4)28-22)14-24(30)29-12-6-7-23(29)26(31)32-5/h8-11,16,23H,6-7,12-15,27H2,1-5H3/t23-/m0/s1. The van der Waals surface area contributed by atoms with E-state index >= 15 is 0 Å². The number of aromatic nitrogens is 1. The molecule has 1 aromatic carbocycles. The first-order valence-corrected chi connectivity index (χ1v) is 11.4. The lowest BCUT2D eigenvalue weighted by molar-refractivity contribution is -0.150. The van der Waals surface area contributed by atoms with E-state index in [9.17, 15) is 9.59 Å². The summed E-state index contributed by atoms with van der Waals surface area (Å²) >= 11 is 0. The van der Waals surface area contributed by atoms with Crippen LogP contribution in [0.1, 0.15) is 54.8 Å². The van der Waals surface area contributed by atoms with E-state index in [1.807, 2.05) is 6.92 Å². The van der Waals surface area contributed by atoms with Crippen LogP contribution in [-0.2, 0) is 33.7 Å². The van der Waals surface area contributed by atoms with Crippen molar-refractivity contribution in [3.8, 4) is 11.1 Å². The molecule has 2 heterocycles.